The van der Waals surface area contributed by atoms with Crippen LogP contribution in [0.4, 0.5) is 10.5 Å². The lowest BCUT2D eigenvalue weighted by Gasteiger charge is -2.36. The second kappa shape index (κ2) is 17.5. The van der Waals surface area contributed by atoms with Gasteiger partial charge in [-0.1, -0.05) is 77.8 Å². The summed E-state index contributed by atoms with van der Waals surface area (Å²) in [7, 11) is 0. The van der Waals surface area contributed by atoms with Crippen LogP contribution in [0.1, 0.15) is 62.0 Å². The van der Waals surface area contributed by atoms with Crippen molar-refractivity contribution in [3.05, 3.63) is 99.5 Å². The van der Waals surface area contributed by atoms with Crippen LogP contribution in [-0.4, -0.2) is 59.2 Å². The summed E-state index contributed by atoms with van der Waals surface area (Å²) < 4.78 is 4.93. The summed E-state index contributed by atoms with van der Waals surface area (Å²) in [6.45, 7) is 7.93. The number of halogens is 2. The van der Waals surface area contributed by atoms with Gasteiger partial charge in [-0.15, -0.1) is 0 Å². The molecule has 0 aromatic heterocycles. The highest BCUT2D eigenvalue weighted by Gasteiger charge is 2.34. The molecule has 0 saturated heterocycles. The van der Waals surface area contributed by atoms with Crippen LogP contribution in [0.3, 0.4) is 0 Å². The number of Topliss-reactive ketones (excluding diaryl/α,β-unsaturated/α-hetero) is 1. The van der Waals surface area contributed by atoms with E-state index < -0.39 is 17.9 Å². The molecular weight excluding hydrogens is 643 g/mol. The number of ketones is 1. The summed E-state index contributed by atoms with van der Waals surface area (Å²) in [5, 5.41) is 8.48. The predicted molar refractivity (Wildman–Crippen MR) is 183 cm³/mol. The van der Waals surface area contributed by atoms with Gasteiger partial charge in [-0.3, -0.25) is 19.2 Å². The van der Waals surface area contributed by atoms with E-state index in [0.29, 0.717) is 34.3 Å². The molecule has 4 amide bonds. The Hall–Kier alpha value is -4.41. The molecule has 0 bridgehead atoms. The molecule has 3 aromatic carbocycles. The van der Waals surface area contributed by atoms with Crippen molar-refractivity contribution < 1.29 is 28.7 Å². The van der Waals surface area contributed by atoms with Gasteiger partial charge in [0.1, 0.15) is 11.6 Å². The molecule has 0 fully saturated rings. The molecule has 1 heterocycles. The molecule has 10 nitrogen and oxygen atoms in total. The number of nitrogens with one attached hydrogen (secondary N) is 3. The minimum absolute atomic E-state index is 0.0164. The number of ether oxygens (including phenoxy) is 1. The van der Waals surface area contributed by atoms with Crippen molar-refractivity contribution in [2.24, 2.45) is 0 Å². The second-order valence-electron chi connectivity index (χ2n) is 11.7. The quantitative estimate of drug-likeness (QED) is 0.230. The Balaban J connectivity index is 0.000000520. The zero-order valence-electron chi connectivity index (χ0n) is 26.9. The Morgan fingerprint density at radius 1 is 0.851 bits per heavy atom. The van der Waals surface area contributed by atoms with E-state index in [1.807, 2.05) is 58.0 Å². The third-order valence-corrected chi connectivity index (χ3v) is 7.62. The number of anilines is 1. The third kappa shape index (κ3) is 12.0. The van der Waals surface area contributed by atoms with E-state index in [9.17, 15) is 24.0 Å². The van der Waals surface area contributed by atoms with Gasteiger partial charge in [0, 0.05) is 43.6 Å². The van der Waals surface area contributed by atoms with Gasteiger partial charge in [-0.2, -0.15) is 0 Å². The molecular formula is C35H40Cl2N4O6. The molecule has 1 atom stereocenters. The van der Waals surface area contributed by atoms with E-state index in [0.717, 1.165) is 11.1 Å². The summed E-state index contributed by atoms with van der Waals surface area (Å²) in [5.41, 5.74) is 2.51. The van der Waals surface area contributed by atoms with Crippen molar-refractivity contribution >= 4 is 58.5 Å². The monoisotopic (exact) mass is 682 g/mol. The summed E-state index contributed by atoms with van der Waals surface area (Å²) in [6.07, 6.45) is -0.0109. The number of alkyl carbamates (subject to hydrolysis) is 1. The Morgan fingerprint density at radius 3 is 2.15 bits per heavy atom. The van der Waals surface area contributed by atoms with Crippen molar-refractivity contribution in [1.82, 2.24) is 15.5 Å². The fourth-order valence-corrected chi connectivity index (χ4v) is 4.97. The van der Waals surface area contributed by atoms with Crippen molar-refractivity contribution in [2.75, 3.05) is 18.4 Å². The molecule has 1 aliphatic rings. The zero-order chi connectivity index (χ0) is 34.6. The summed E-state index contributed by atoms with van der Waals surface area (Å²) in [4.78, 5) is 63.5. The fourth-order valence-electron chi connectivity index (χ4n) is 4.67. The lowest BCUT2D eigenvalue weighted by atomic mass is 9.93. The van der Waals surface area contributed by atoms with Gasteiger partial charge in [0.25, 0.3) is 0 Å². The Labute approximate surface area is 285 Å². The van der Waals surface area contributed by atoms with Gasteiger partial charge in [0.15, 0.2) is 5.78 Å². The number of benzene rings is 3. The topological polar surface area (TPSA) is 134 Å². The maximum Gasteiger partial charge on any atom is 0.407 e. The summed E-state index contributed by atoms with van der Waals surface area (Å²) >= 11 is 11.9. The average Bonchev–Trinajstić information content (AvgIpc) is 3.03. The highest BCUT2D eigenvalue weighted by Crippen LogP contribution is 2.26. The van der Waals surface area contributed by atoms with E-state index in [-0.39, 0.29) is 49.3 Å². The number of hydrogen-bond acceptors (Lipinski definition) is 6. The maximum absolute atomic E-state index is 13.2. The molecule has 12 heteroatoms. The van der Waals surface area contributed by atoms with Crippen LogP contribution in [0.15, 0.2) is 72.8 Å². The molecule has 0 saturated carbocycles. The molecule has 0 spiro atoms. The van der Waals surface area contributed by atoms with Crippen LogP contribution >= 0.6 is 23.2 Å². The van der Waals surface area contributed by atoms with Crippen LogP contribution in [0, 0.1) is 0 Å². The van der Waals surface area contributed by atoms with Gasteiger partial charge in [0.2, 0.25) is 17.7 Å². The Kier molecular flexibility index (Phi) is 13.8. The standard InChI is InChI=1S/C28H25Cl2N3O4.C7H15NO2/c29-22-11-10-21(15-23(22)30)32-26(35)16-31-28(37)24-14-19-8-4-5-9-20(19)17-33(24)27(36)13-12-25(34)18-6-2-1-3-7-18;1-5-8-6(9)10-7(2,3)4/h1-11,15,24H,12-14,16-17H2,(H,31,37)(H,32,35);5H2,1-4H3,(H,8,9). The Bertz CT molecular complexity index is 1580. The van der Waals surface area contributed by atoms with Gasteiger partial charge in [-0.05, 0) is 57.0 Å². The SMILES string of the molecule is CCNC(=O)OC(C)(C)C.O=C(CNC(=O)C1Cc2ccccc2CN1C(=O)CCC(=O)c1ccccc1)Nc1ccc(Cl)c(Cl)c1. The summed E-state index contributed by atoms with van der Waals surface area (Å²) in [5.74, 6) is -1.32. The largest absolute Gasteiger partial charge is 0.444 e. The molecule has 4 rings (SSSR count). The first-order valence-electron chi connectivity index (χ1n) is 15.2. The predicted octanol–water partition coefficient (Wildman–Crippen LogP) is 6.20. The first kappa shape index (κ1) is 37.1. The number of rotatable bonds is 9. The zero-order valence-corrected chi connectivity index (χ0v) is 28.4. The van der Waals surface area contributed by atoms with Crippen LogP contribution in [0.25, 0.3) is 0 Å². The molecule has 3 aromatic rings. The number of fused-ring (bicyclic) bond motifs is 1. The summed E-state index contributed by atoms with van der Waals surface area (Å²) in [6, 6.07) is 20.3. The van der Waals surface area contributed by atoms with E-state index in [4.69, 9.17) is 27.9 Å². The molecule has 3 N–H and O–H groups in total. The van der Waals surface area contributed by atoms with E-state index >= 15 is 0 Å². The van der Waals surface area contributed by atoms with Gasteiger partial charge >= 0.3 is 6.09 Å². The highest BCUT2D eigenvalue weighted by molar-refractivity contribution is 6.42. The minimum atomic E-state index is -0.799. The molecule has 47 heavy (non-hydrogen) atoms. The van der Waals surface area contributed by atoms with Crippen molar-refractivity contribution in [3.8, 4) is 0 Å². The van der Waals surface area contributed by atoms with Crippen LogP contribution in [0.5, 0.6) is 0 Å². The van der Waals surface area contributed by atoms with Gasteiger partial charge in [-0.25, -0.2) is 4.79 Å². The van der Waals surface area contributed by atoms with Crippen molar-refractivity contribution in [2.45, 2.75) is 65.1 Å². The van der Waals surface area contributed by atoms with E-state index in [2.05, 4.69) is 16.0 Å². The minimum Gasteiger partial charge on any atom is -0.444 e. The molecule has 250 valence electrons. The highest BCUT2D eigenvalue weighted by atomic mass is 35.5. The maximum atomic E-state index is 13.2. The van der Waals surface area contributed by atoms with Gasteiger partial charge < -0.3 is 25.6 Å². The first-order chi connectivity index (χ1) is 22.3. The lowest BCUT2D eigenvalue weighted by molar-refractivity contribution is -0.142. The number of carbonyl (C=O) groups is 5. The number of hydrogen-bond donors (Lipinski definition) is 3. The smallest absolute Gasteiger partial charge is 0.407 e. The van der Waals surface area contributed by atoms with Crippen LogP contribution in [0.2, 0.25) is 10.0 Å². The van der Waals surface area contributed by atoms with E-state index in [1.54, 1.807) is 36.4 Å². The third-order valence-electron chi connectivity index (χ3n) is 6.88. The van der Waals surface area contributed by atoms with E-state index in [1.165, 1.54) is 11.0 Å². The van der Waals surface area contributed by atoms with Crippen LogP contribution in [-0.2, 0) is 32.1 Å². The average molecular weight is 684 g/mol. The van der Waals surface area contributed by atoms with Crippen molar-refractivity contribution in [1.29, 1.82) is 0 Å². The lowest BCUT2D eigenvalue weighted by Crippen LogP contribution is -2.53. The normalized spacial score (nSPS) is 13.7. The molecule has 1 unspecified atom stereocenters. The molecule has 0 aliphatic carbocycles. The fraction of sp³-hybridized carbons (Fsp3) is 0.343. The van der Waals surface area contributed by atoms with Crippen LogP contribution < -0.4 is 16.0 Å². The Morgan fingerprint density at radius 2 is 1.51 bits per heavy atom. The number of carbonyl (C=O) groups excluding carboxylic acids is 5. The van der Waals surface area contributed by atoms with Crippen molar-refractivity contribution in [3.63, 3.8) is 0 Å². The molecule has 0 radical (unpaired) electrons. The number of nitrogens with zero attached hydrogens (tertiary/aromatic N) is 1. The first-order valence-corrected chi connectivity index (χ1v) is 16.0. The molecule has 1 aliphatic heterocycles. The number of amides is 4. The second-order valence-corrected chi connectivity index (χ2v) is 12.5. The van der Waals surface area contributed by atoms with Gasteiger partial charge in [0.05, 0.1) is 16.6 Å².